The zero-order valence-electron chi connectivity index (χ0n) is 66.1. The van der Waals surface area contributed by atoms with E-state index in [0.29, 0.717) is 23.0 Å². The molecule has 4 fully saturated rings. The SMILES string of the molecule is C.C.Cc1cccc(C)c1C(C)(C)C.Cc1cccc(C)c1C(C)(C)C.Cc1ccccc1C(C)(C)C.Cc1ccccc1C(C)(C)C.[2H]C([2H])(C(CC)CCC)C(C)(C)C.[2H]C1(C(C)(C)C)C2CC3CC(C2)CC1C3.[2H]c1c([2H])c(C)c([2H])c(C(C)(C)C)c1[2H]. The fraction of sp³-hybridized carbons (Fsp3) is 0.643. The average Bonchev–Trinajstić information content (AvgIpc) is 2.82. The summed E-state index contributed by atoms with van der Waals surface area (Å²) >= 11 is 0. The van der Waals surface area contributed by atoms with E-state index < -0.39 is 6.37 Å². The molecule has 0 radical (unpaired) electrons. The number of hydrogen-bond acceptors (Lipinski definition) is 0. The highest BCUT2D eigenvalue weighted by Crippen LogP contribution is 2.60. The quantitative estimate of drug-likeness (QED) is 0.168. The summed E-state index contributed by atoms with van der Waals surface area (Å²) in [6, 6.07) is 30.3. The summed E-state index contributed by atoms with van der Waals surface area (Å²) in [5, 5.41) is 0. The van der Waals surface area contributed by atoms with Crippen molar-refractivity contribution in [1.29, 1.82) is 0 Å². The van der Waals surface area contributed by atoms with E-state index in [0.717, 1.165) is 31.1 Å². The average molecular weight is 1160 g/mol. The lowest BCUT2D eigenvalue weighted by molar-refractivity contribution is -0.0811. The summed E-state index contributed by atoms with van der Waals surface area (Å²) in [4.78, 5) is 0. The summed E-state index contributed by atoms with van der Waals surface area (Å²) < 4.78 is 56.2. The van der Waals surface area contributed by atoms with Crippen LogP contribution in [0.4, 0.5) is 0 Å². The van der Waals surface area contributed by atoms with E-state index in [4.69, 9.17) is 9.60 Å². The third-order valence-electron chi connectivity index (χ3n) is 16.5. The standard InChI is InChI=1S/C14H24.2C12H18.3C11H16.C11H24.2CH4/c1-14(2,3)13-11-5-9-4-10(7-11)8-12(13)6-9;2*1-9-7-6-8-10(2)11(9)12(3,4)5;1-9-6-5-7-10(8-9)11(2,3)4;2*1-9-7-5-6-8-10(9)11(2,3)4;1-6-8-10(7-2)9-11(3,4)5;;/h9-13H,4-8H2,1-3H3;2*6-8H,1-5H3;3*5-8H,1-4H3;10H,6-9H2,1-5H3;2*1H4/i13D;;;5D,6D,7D,8D;;;9D2;;. The molecule has 476 valence electrons. The van der Waals surface area contributed by atoms with Crippen LogP contribution in [-0.2, 0) is 27.1 Å². The molecule has 0 nitrogen and oxygen atoms in total. The predicted molar refractivity (Wildman–Crippen MR) is 385 cm³/mol. The van der Waals surface area contributed by atoms with Gasteiger partial charge in [-0.3, -0.25) is 0 Å². The lowest BCUT2D eigenvalue weighted by Gasteiger charge is -2.58. The second-order valence-electron chi connectivity index (χ2n) is 32.2. The Kier molecular flexibility index (Phi) is 27.4. The van der Waals surface area contributed by atoms with Gasteiger partial charge in [0.05, 0.1) is 5.48 Å². The van der Waals surface area contributed by atoms with Gasteiger partial charge in [0.25, 0.3) is 0 Å². The van der Waals surface area contributed by atoms with Gasteiger partial charge in [0.2, 0.25) is 0 Å². The van der Waals surface area contributed by atoms with Gasteiger partial charge in [-0.15, -0.1) is 0 Å². The van der Waals surface area contributed by atoms with E-state index in [1.165, 1.54) is 87.7 Å². The Labute approximate surface area is 536 Å². The van der Waals surface area contributed by atoms with Crippen molar-refractivity contribution in [3.63, 3.8) is 0 Å². The summed E-state index contributed by atoms with van der Waals surface area (Å²) in [7, 11) is 0. The lowest BCUT2D eigenvalue weighted by Crippen LogP contribution is -2.49. The zero-order valence-corrected chi connectivity index (χ0v) is 59.1. The van der Waals surface area contributed by atoms with Crippen molar-refractivity contribution in [2.24, 2.45) is 46.3 Å². The zero-order chi connectivity index (χ0) is 69.2. The van der Waals surface area contributed by atoms with E-state index in [-0.39, 0.29) is 88.7 Å². The van der Waals surface area contributed by atoms with Crippen molar-refractivity contribution >= 4 is 0 Å². The molecule has 0 heterocycles. The molecule has 1 atom stereocenters. The molecule has 9 rings (SSSR count). The van der Waals surface area contributed by atoms with Gasteiger partial charge < -0.3 is 0 Å². The summed E-state index contributed by atoms with van der Waals surface area (Å²) in [6.07, 6.45) is 8.95. The van der Waals surface area contributed by atoms with Crippen LogP contribution in [0.5, 0.6) is 0 Å². The summed E-state index contributed by atoms with van der Waals surface area (Å²) in [6.45, 7) is 64.6. The van der Waals surface area contributed by atoms with Crippen molar-refractivity contribution in [1.82, 2.24) is 0 Å². The van der Waals surface area contributed by atoms with Crippen LogP contribution in [0.25, 0.3) is 0 Å². The van der Waals surface area contributed by atoms with Crippen LogP contribution in [0.2, 0.25) is 0 Å². The Morgan fingerprint density at radius 1 is 0.452 bits per heavy atom. The van der Waals surface area contributed by atoms with Crippen LogP contribution in [0.15, 0.2) is 109 Å². The minimum Gasteiger partial charge on any atom is -0.0776 e. The largest absolute Gasteiger partial charge is 0.0776 e. The number of aryl methyl sites for hydroxylation is 6. The van der Waals surface area contributed by atoms with Gasteiger partial charge in [-0.1, -0.05) is 308 Å². The first-order valence-electron chi connectivity index (χ1n) is 35.6. The van der Waals surface area contributed by atoms with Crippen molar-refractivity contribution in [3.05, 3.63) is 176 Å². The normalized spacial score (nSPS) is 20.7. The number of rotatable bonds is 4. The topological polar surface area (TPSA) is 0 Å². The van der Waals surface area contributed by atoms with E-state index in [1.807, 2.05) is 41.5 Å². The second kappa shape index (κ2) is 34.0. The van der Waals surface area contributed by atoms with Gasteiger partial charge in [-0.05, 0) is 222 Å². The van der Waals surface area contributed by atoms with Crippen molar-refractivity contribution < 1.29 is 9.60 Å². The third kappa shape index (κ3) is 27.4. The van der Waals surface area contributed by atoms with Crippen LogP contribution in [0.3, 0.4) is 0 Å². The van der Waals surface area contributed by atoms with Gasteiger partial charge in [0.15, 0.2) is 0 Å². The number of benzene rings is 5. The van der Waals surface area contributed by atoms with Gasteiger partial charge in [0.1, 0.15) is 0 Å². The fourth-order valence-corrected chi connectivity index (χ4v) is 13.9. The minimum absolute atomic E-state index is 0. The molecule has 0 aliphatic heterocycles. The highest BCUT2D eigenvalue weighted by Gasteiger charge is 2.51. The maximum Gasteiger partial charge on any atom is 0.0629 e. The molecule has 4 saturated carbocycles. The molecule has 0 amide bonds. The molecule has 5 aromatic carbocycles. The molecule has 0 heteroatoms. The van der Waals surface area contributed by atoms with Crippen LogP contribution in [0.1, 0.15) is 308 Å². The lowest BCUT2D eigenvalue weighted by atomic mass is 9.47. The first-order chi connectivity index (χ1) is 40.2. The Balaban J connectivity index is 0.00000104. The van der Waals surface area contributed by atoms with Gasteiger partial charge in [-0.25, -0.2) is 0 Å². The molecular formula is C84H140. The van der Waals surface area contributed by atoms with Crippen LogP contribution in [0, 0.1) is 94.8 Å². The smallest absolute Gasteiger partial charge is 0.0629 e. The molecule has 5 aromatic rings. The Morgan fingerprint density at radius 2 is 0.798 bits per heavy atom. The predicted octanol–water partition coefficient (Wildman–Crippen LogP) is 26.7. The molecule has 4 aliphatic rings. The maximum absolute atomic E-state index is 9.00. The van der Waals surface area contributed by atoms with Crippen molar-refractivity contribution in [3.8, 4) is 0 Å². The first kappa shape index (κ1) is 67.6. The van der Waals surface area contributed by atoms with Gasteiger partial charge >= 0.3 is 0 Å². The molecule has 0 aromatic heterocycles. The first-order valence-corrected chi connectivity index (χ1v) is 32.1. The molecule has 4 bridgehead atoms. The van der Waals surface area contributed by atoms with Crippen LogP contribution >= 0.6 is 0 Å². The minimum atomic E-state index is -1.04. The van der Waals surface area contributed by atoms with Crippen LogP contribution in [-0.4, -0.2) is 0 Å². The fourth-order valence-electron chi connectivity index (χ4n) is 13.9. The summed E-state index contributed by atoms with van der Waals surface area (Å²) in [5.41, 5.74) is 16.0. The highest BCUT2D eigenvalue weighted by atomic mass is 14.6. The van der Waals surface area contributed by atoms with E-state index >= 15 is 0 Å². The Hall–Kier alpha value is -3.90. The molecule has 84 heavy (non-hydrogen) atoms. The maximum atomic E-state index is 9.00. The molecule has 1 unspecified atom stereocenters. The van der Waals surface area contributed by atoms with E-state index in [9.17, 15) is 0 Å². The third-order valence-corrected chi connectivity index (χ3v) is 16.5. The van der Waals surface area contributed by atoms with Gasteiger partial charge in [0, 0.05) is 4.11 Å². The Morgan fingerprint density at radius 3 is 1.05 bits per heavy atom. The van der Waals surface area contributed by atoms with Crippen molar-refractivity contribution in [2.45, 2.75) is 307 Å². The molecule has 4 aliphatic carbocycles. The molecule has 0 saturated heterocycles. The second-order valence-corrected chi connectivity index (χ2v) is 32.2. The van der Waals surface area contributed by atoms with Gasteiger partial charge in [-0.2, -0.15) is 0 Å². The van der Waals surface area contributed by atoms with E-state index in [2.05, 4.69) is 244 Å². The van der Waals surface area contributed by atoms with Crippen molar-refractivity contribution in [2.75, 3.05) is 0 Å². The van der Waals surface area contributed by atoms with Crippen LogP contribution < -0.4 is 0 Å². The molecule has 0 spiro atoms. The van der Waals surface area contributed by atoms with E-state index in [1.54, 1.807) is 6.92 Å². The molecular weight excluding hydrogens is 1010 g/mol. The molecule has 0 N–H and O–H groups in total. The number of hydrogen-bond donors (Lipinski definition) is 0. The monoisotopic (exact) mass is 1160 g/mol. The Bertz CT molecular complexity index is 2780. The summed E-state index contributed by atoms with van der Waals surface area (Å²) in [5.74, 6) is 3.52. The highest BCUT2D eigenvalue weighted by molar-refractivity contribution is 5.40.